The van der Waals surface area contributed by atoms with Gasteiger partial charge in [-0.3, -0.25) is 4.99 Å². The Hall–Kier alpha value is -1.27. The maximum atomic E-state index is 11.4. The lowest BCUT2D eigenvalue weighted by Crippen LogP contribution is -2.40. The fourth-order valence-corrected chi connectivity index (χ4v) is 2.77. The minimum absolute atomic E-state index is 0.0346. The summed E-state index contributed by atoms with van der Waals surface area (Å²) in [5.41, 5.74) is 0.961. The summed E-state index contributed by atoms with van der Waals surface area (Å²) in [6.07, 6.45) is 0. The van der Waals surface area contributed by atoms with Crippen molar-refractivity contribution in [1.82, 2.24) is 10.6 Å². The number of aliphatic imine (C=N–C) groups is 1. The number of benzene rings is 1. The van der Waals surface area contributed by atoms with Gasteiger partial charge in [0, 0.05) is 24.4 Å². The number of nitrogens with zero attached hydrogens (tertiary/aromatic N) is 1. The third-order valence-corrected chi connectivity index (χ3v) is 5.14. The number of rotatable bonds is 6. The SMILES string of the molecule is CCS(=O)(=O)CCNC(=NC)NC(C)c1ccccc1Cl. The highest BCUT2D eigenvalue weighted by Gasteiger charge is 2.12. The van der Waals surface area contributed by atoms with Crippen LogP contribution in [0.15, 0.2) is 29.3 Å². The van der Waals surface area contributed by atoms with Gasteiger partial charge in [-0.05, 0) is 18.6 Å². The van der Waals surface area contributed by atoms with Crippen molar-refractivity contribution >= 4 is 27.4 Å². The maximum absolute atomic E-state index is 11.4. The fourth-order valence-electron chi connectivity index (χ4n) is 1.77. The van der Waals surface area contributed by atoms with E-state index in [0.29, 0.717) is 17.5 Å². The molecule has 0 aromatic heterocycles. The monoisotopic (exact) mass is 331 g/mol. The molecule has 0 heterocycles. The zero-order valence-corrected chi connectivity index (χ0v) is 14.1. The van der Waals surface area contributed by atoms with Gasteiger partial charge < -0.3 is 10.6 Å². The highest BCUT2D eigenvalue weighted by atomic mass is 35.5. The molecule has 0 saturated carbocycles. The van der Waals surface area contributed by atoms with Crippen LogP contribution in [0, 0.1) is 0 Å². The van der Waals surface area contributed by atoms with Gasteiger partial charge in [0.05, 0.1) is 11.8 Å². The first-order chi connectivity index (χ1) is 9.89. The molecule has 0 amide bonds. The summed E-state index contributed by atoms with van der Waals surface area (Å²) in [6.45, 7) is 3.93. The van der Waals surface area contributed by atoms with Crippen LogP contribution < -0.4 is 10.6 Å². The van der Waals surface area contributed by atoms with Crippen LogP contribution in [0.25, 0.3) is 0 Å². The summed E-state index contributed by atoms with van der Waals surface area (Å²) in [7, 11) is -1.34. The van der Waals surface area contributed by atoms with Crippen molar-refractivity contribution in [3.05, 3.63) is 34.9 Å². The number of hydrogen-bond donors (Lipinski definition) is 2. The summed E-state index contributed by atoms with van der Waals surface area (Å²) in [5.74, 6) is 0.787. The number of hydrogen-bond acceptors (Lipinski definition) is 3. The van der Waals surface area contributed by atoms with Gasteiger partial charge in [-0.2, -0.15) is 0 Å². The second kappa shape index (κ2) is 8.24. The molecule has 1 aromatic rings. The Morgan fingerprint density at radius 3 is 2.62 bits per heavy atom. The normalized spacial score (nSPS) is 13.8. The van der Waals surface area contributed by atoms with Gasteiger partial charge in [0.25, 0.3) is 0 Å². The van der Waals surface area contributed by atoms with Crippen LogP contribution >= 0.6 is 11.6 Å². The summed E-state index contributed by atoms with van der Waals surface area (Å²) in [5, 5.41) is 6.87. The first-order valence-electron chi connectivity index (χ1n) is 6.81. The van der Waals surface area contributed by atoms with E-state index < -0.39 is 9.84 Å². The topological polar surface area (TPSA) is 70.6 Å². The number of halogens is 1. The van der Waals surface area contributed by atoms with Crippen LogP contribution in [-0.4, -0.2) is 39.5 Å². The Balaban J connectivity index is 2.57. The fraction of sp³-hybridized carbons (Fsp3) is 0.500. The van der Waals surface area contributed by atoms with Gasteiger partial charge in [0.1, 0.15) is 0 Å². The highest BCUT2D eigenvalue weighted by molar-refractivity contribution is 7.91. The van der Waals surface area contributed by atoms with Crippen molar-refractivity contribution in [2.24, 2.45) is 4.99 Å². The van der Waals surface area contributed by atoms with E-state index in [2.05, 4.69) is 15.6 Å². The lowest BCUT2D eigenvalue weighted by atomic mass is 10.1. The van der Waals surface area contributed by atoms with Crippen molar-refractivity contribution in [3.8, 4) is 0 Å². The van der Waals surface area contributed by atoms with Crippen molar-refractivity contribution in [2.45, 2.75) is 19.9 Å². The van der Waals surface area contributed by atoms with Crippen LogP contribution in [0.4, 0.5) is 0 Å². The molecular formula is C14H22ClN3O2S. The van der Waals surface area contributed by atoms with Gasteiger partial charge in [0.2, 0.25) is 0 Å². The smallest absolute Gasteiger partial charge is 0.191 e. The minimum atomic E-state index is -2.98. The molecule has 1 rings (SSSR count). The number of guanidine groups is 1. The van der Waals surface area contributed by atoms with E-state index in [0.717, 1.165) is 5.56 Å². The average molecular weight is 332 g/mol. The molecule has 118 valence electrons. The Morgan fingerprint density at radius 1 is 1.38 bits per heavy atom. The van der Waals surface area contributed by atoms with Crippen molar-refractivity contribution in [1.29, 1.82) is 0 Å². The summed E-state index contributed by atoms with van der Waals surface area (Å²) >= 11 is 6.15. The van der Waals surface area contributed by atoms with Crippen LogP contribution in [0.5, 0.6) is 0 Å². The van der Waals surface area contributed by atoms with E-state index in [-0.39, 0.29) is 17.5 Å². The molecule has 0 aliphatic rings. The quantitative estimate of drug-likeness (QED) is 0.618. The maximum Gasteiger partial charge on any atom is 0.191 e. The van der Waals surface area contributed by atoms with Crippen molar-refractivity contribution in [2.75, 3.05) is 25.1 Å². The van der Waals surface area contributed by atoms with Gasteiger partial charge >= 0.3 is 0 Å². The zero-order chi connectivity index (χ0) is 15.9. The third-order valence-electron chi connectivity index (χ3n) is 3.09. The molecule has 1 unspecified atom stereocenters. The first kappa shape index (κ1) is 17.8. The lowest BCUT2D eigenvalue weighted by molar-refractivity contribution is 0.595. The first-order valence-corrected chi connectivity index (χ1v) is 9.01. The van der Waals surface area contributed by atoms with E-state index in [9.17, 15) is 8.42 Å². The molecule has 1 aromatic carbocycles. The van der Waals surface area contributed by atoms with Crippen LogP contribution in [0.1, 0.15) is 25.5 Å². The van der Waals surface area contributed by atoms with Crippen LogP contribution in [0.2, 0.25) is 5.02 Å². The molecule has 0 spiro atoms. The van der Waals surface area contributed by atoms with Gasteiger partial charge in [-0.15, -0.1) is 0 Å². The predicted molar refractivity (Wildman–Crippen MR) is 88.7 cm³/mol. The van der Waals surface area contributed by atoms with Crippen molar-refractivity contribution < 1.29 is 8.42 Å². The Labute approximate surface area is 131 Å². The number of nitrogens with one attached hydrogen (secondary N) is 2. The van der Waals surface area contributed by atoms with Crippen molar-refractivity contribution in [3.63, 3.8) is 0 Å². The number of sulfone groups is 1. The Kier molecular flexibility index (Phi) is 6.98. The van der Waals surface area contributed by atoms with E-state index in [1.165, 1.54) is 0 Å². The molecule has 0 fully saturated rings. The highest BCUT2D eigenvalue weighted by Crippen LogP contribution is 2.21. The van der Waals surface area contributed by atoms with Gasteiger partial charge in [0.15, 0.2) is 15.8 Å². The van der Waals surface area contributed by atoms with Gasteiger partial charge in [-0.25, -0.2) is 8.42 Å². The lowest BCUT2D eigenvalue weighted by Gasteiger charge is -2.19. The van der Waals surface area contributed by atoms with Gasteiger partial charge in [-0.1, -0.05) is 36.7 Å². The Bertz CT molecular complexity index is 588. The van der Waals surface area contributed by atoms with E-state index >= 15 is 0 Å². The Morgan fingerprint density at radius 2 is 2.05 bits per heavy atom. The molecule has 5 nitrogen and oxygen atoms in total. The molecule has 0 saturated heterocycles. The summed E-state index contributed by atoms with van der Waals surface area (Å²) in [4.78, 5) is 4.09. The molecular weight excluding hydrogens is 310 g/mol. The largest absolute Gasteiger partial charge is 0.355 e. The molecule has 2 N–H and O–H groups in total. The molecule has 0 aliphatic carbocycles. The molecule has 0 aliphatic heterocycles. The second-order valence-electron chi connectivity index (χ2n) is 4.62. The van der Waals surface area contributed by atoms with E-state index in [1.54, 1.807) is 14.0 Å². The summed E-state index contributed by atoms with van der Waals surface area (Å²) in [6, 6.07) is 7.53. The zero-order valence-electron chi connectivity index (χ0n) is 12.6. The van der Waals surface area contributed by atoms with E-state index in [4.69, 9.17) is 11.6 Å². The second-order valence-corrected chi connectivity index (χ2v) is 7.50. The molecule has 1 atom stereocenters. The molecule has 21 heavy (non-hydrogen) atoms. The van der Waals surface area contributed by atoms with Crippen LogP contribution in [0.3, 0.4) is 0 Å². The standard InChI is InChI=1S/C14H22ClN3O2S/c1-4-21(19,20)10-9-17-14(16-3)18-11(2)12-7-5-6-8-13(12)15/h5-8,11H,4,9-10H2,1-3H3,(H2,16,17,18). The molecule has 0 radical (unpaired) electrons. The average Bonchev–Trinajstić information content (AvgIpc) is 2.46. The van der Waals surface area contributed by atoms with Crippen LogP contribution in [-0.2, 0) is 9.84 Å². The minimum Gasteiger partial charge on any atom is -0.355 e. The molecule has 7 heteroatoms. The predicted octanol–water partition coefficient (Wildman–Crippen LogP) is 2.00. The van der Waals surface area contributed by atoms with E-state index in [1.807, 2.05) is 31.2 Å². The summed E-state index contributed by atoms with van der Waals surface area (Å²) < 4.78 is 22.9. The third kappa shape index (κ3) is 5.93. The molecule has 0 bridgehead atoms.